The smallest absolute Gasteiger partial charge is 0.254 e. The van der Waals surface area contributed by atoms with Crippen LogP contribution >= 0.6 is 0 Å². The van der Waals surface area contributed by atoms with Crippen LogP contribution in [0.1, 0.15) is 10.4 Å². The number of benzene rings is 1. The highest BCUT2D eigenvalue weighted by Crippen LogP contribution is 2.33. The van der Waals surface area contributed by atoms with E-state index < -0.39 is 6.04 Å². The number of hydrogen-bond acceptors (Lipinski definition) is 5. The molecule has 1 atom stereocenters. The molecule has 2 aliphatic heterocycles. The van der Waals surface area contributed by atoms with E-state index in [1.54, 1.807) is 30.1 Å². The highest BCUT2D eigenvalue weighted by molar-refractivity contribution is 5.98. The second kappa shape index (κ2) is 5.61. The average Bonchev–Trinajstić information content (AvgIpc) is 3.01. The van der Waals surface area contributed by atoms with Gasteiger partial charge in [0.05, 0.1) is 0 Å². The Morgan fingerprint density at radius 2 is 2.14 bits per heavy atom. The Bertz CT molecular complexity index is 575. The standard InChI is InChI=1S/C14H17N3O4/c1-15-13(18)10-7-16-4-5-17(10)14(19)9-2-3-11-12(6-9)21-8-20-11/h2-3,6,10,16H,4-5,7-8H2,1H3,(H,15,18). The van der Waals surface area contributed by atoms with Crippen molar-refractivity contribution in [1.29, 1.82) is 0 Å². The number of amides is 2. The molecular weight excluding hydrogens is 274 g/mol. The molecule has 2 heterocycles. The summed E-state index contributed by atoms with van der Waals surface area (Å²) < 4.78 is 10.5. The summed E-state index contributed by atoms with van der Waals surface area (Å²) in [6, 6.07) is 4.57. The molecule has 112 valence electrons. The molecule has 0 saturated carbocycles. The molecular formula is C14H17N3O4. The predicted octanol–water partition coefficient (Wildman–Crippen LogP) is -0.425. The van der Waals surface area contributed by atoms with Gasteiger partial charge in [0.1, 0.15) is 6.04 Å². The van der Waals surface area contributed by atoms with Gasteiger partial charge < -0.3 is 25.0 Å². The van der Waals surface area contributed by atoms with Crippen LogP contribution in [0.3, 0.4) is 0 Å². The zero-order valence-electron chi connectivity index (χ0n) is 11.7. The molecule has 1 fully saturated rings. The minimum Gasteiger partial charge on any atom is -0.454 e. The van der Waals surface area contributed by atoms with E-state index in [-0.39, 0.29) is 18.6 Å². The van der Waals surface area contributed by atoms with Crippen molar-refractivity contribution in [2.75, 3.05) is 33.5 Å². The Balaban J connectivity index is 1.84. The van der Waals surface area contributed by atoms with Crippen LogP contribution in [0.15, 0.2) is 18.2 Å². The molecule has 7 nitrogen and oxygen atoms in total. The van der Waals surface area contributed by atoms with Gasteiger partial charge in [-0.25, -0.2) is 0 Å². The van der Waals surface area contributed by atoms with Gasteiger partial charge in [-0.2, -0.15) is 0 Å². The van der Waals surface area contributed by atoms with E-state index in [0.717, 1.165) is 0 Å². The highest BCUT2D eigenvalue weighted by atomic mass is 16.7. The minimum atomic E-state index is -0.498. The van der Waals surface area contributed by atoms with Gasteiger partial charge in [0.25, 0.3) is 5.91 Å². The zero-order chi connectivity index (χ0) is 14.8. The van der Waals surface area contributed by atoms with Crippen LogP contribution in [0.5, 0.6) is 11.5 Å². The summed E-state index contributed by atoms with van der Waals surface area (Å²) in [6.45, 7) is 1.78. The number of piperazine rings is 1. The van der Waals surface area contributed by atoms with Gasteiger partial charge >= 0.3 is 0 Å². The molecule has 1 saturated heterocycles. The van der Waals surface area contributed by atoms with E-state index in [4.69, 9.17) is 9.47 Å². The van der Waals surface area contributed by atoms with Gasteiger partial charge in [0.2, 0.25) is 12.7 Å². The van der Waals surface area contributed by atoms with E-state index in [9.17, 15) is 9.59 Å². The van der Waals surface area contributed by atoms with Crippen molar-refractivity contribution in [3.63, 3.8) is 0 Å². The maximum Gasteiger partial charge on any atom is 0.254 e. The van der Waals surface area contributed by atoms with E-state index in [1.165, 1.54) is 0 Å². The highest BCUT2D eigenvalue weighted by Gasteiger charge is 2.32. The Kier molecular flexibility index (Phi) is 3.66. The molecule has 1 unspecified atom stereocenters. The Morgan fingerprint density at radius 1 is 1.33 bits per heavy atom. The van der Waals surface area contributed by atoms with E-state index in [0.29, 0.717) is 36.7 Å². The fourth-order valence-electron chi connectivity index (χ4n) is 2.54. The quantitative estimate of drug-likeness (QED) is 0.773. The summed E-state index contributed by atoms with van der Waals surface area (Å²) in [6.07, 6.45) is 0. The summed E-state index contributed by atoms with van der Waals surface area (Å²) in [5.41, 5.74) is 0.495. The summed E-state index contributed by atoms with van der Waals surface area (Å²) in [4.78, 5) is 26.2. The summed E-state index contributed by atoms with van der Waals surface area (Å²) >= 11 is 0. The number of ether oxygens (including phenoxy) is 2. The predicted molar refractivity (Wildman–Crippen MR) is 74.3 cm³/mol. The summed E-state index contributed by atoms with van der Waals surface area (Å²) in [5.74, 6) is 0.849. The topological polar surface area (TPSA) is 79.9 Å². The largest absolute Gasteiger partial charge is 0.454 e. The SMILES string of the molecule is CNC(=O)C1CNCCN1C(=O)c1ccc2c(c1)OCO2. The molecule has 1 aromatic rings. The Hall–Kier alpha value is -2.28. The van der Waals surface area contributed by atoms with Crippen molar-refractivity contribution in [3.8, 4) is 11.5 Å². The number of fused-ring (bicyclic) bond motifs is 1. The molecule has 2 aliphatic rings. The van der Waals surface area contributed by atoms with Gasteiger partial charge in [-0.05, 0) is 18.2 Å². The molecule has 0 aromatic heterocycles. The van der Waals surface area contributed by atoms with Gasteiger partial charge in [-0.1, -0.05) is 0 Å². The molecule has 2 N–H and O–H groups in total. The molecule has 0 spiro atoms. The van der Waals surface area contributed by atoms with E-state index in [2.05, 4.69) is 10.6 Å². The number of rotatable bonds is 2. The van der Waals surface area contributed by atoms with Gasteiger partial charge in [-0.15, -0.1) is 0 Å². The number of nitrogens with one attached hydrogen (secondary N) is 2. The van der Waals surface area contributed by atoms with Crippen LogP contribution in [-0.2, 0) is 4.79 Å². The van der Waals surface area contributed by atoms with Crippen molar-refractivity contribution in [1.82, 2.24) is 15.5 Å². The van der Waals surface area contributed by atoms with Gasteiger partial charge in [0, 0.05) is 32.2 Å². The monoisotopic (exact) mass is 291 g/mol. The maximum atomic E-state index is 12.7. The van der Waals surface area contributed by atoms with E-state index >= 15 is 0 Å². The van der Waals surface area contributed by atoms with Crippen LogP contribution < -0.4 is 20.1 Å². The van der Waals surface area contributed by atoms with Crippen LogP contribution in [0.25, 0.3) is 0 Å². The van der Waals surface area contributed by atoms with E-state index in [1.807, 2.05) is 0 Å². The molecule has 0 bridgehead atoms. The molecule has 2 amide bonds. The third-order valence-corrected chi connectivity index (χ3v) is 3.67. The molecule has 0 radical (unpaired) electrons. The summed E-state index contributed by atoms with van der Waals surface area (Å²) in [5, 5.41) is 5.72. The second-order valence-electron chi connectivity index (χ2n) is 4.90. The molecule has 7 heteroatoms. The van der Waals surface area contributed by atoms with Crippen molar-refractivity contribution in [2.24, 2.45) is 0 Å². The third kappa shape index (κ3) is 2.52. The van der Waals surface area contributed by atoms with Gasteiger partial charge in [-0.3, -0.25) is 9.59 Å². The van der Waals surface area contributed by atoms with Gasteiger partial charge in [0.15, 0.2) is 11.5 Å². The lowest BCUT2D eigenvalue weighted by Crippen LogP contribution is -2.59. The number of carbonyl (C=O) groups is 2. The van der Waals surface area contributed by atoms with Crippen molar-refractivity contribution < 1.29 is 19.1 Å². The number of carbonyl (C=O) groups excluding carboxylic acids is 2. The molecule has 1 aromatic carbocycles. The van der Waals surface area contributed by atoms with Crippen molar-refractivity contribution in [3.05, 3.63) is 23.8 Å². The Labute approximate surface area is 122 Å². The summed E-state index contributed by atoms with van der Waals surface area (Å²) in [7, 11) is 1.57. The van der Waals surface area contributed by atoms with Crippen molar-refractivity contribution >= 4 is 11.8 Å². The van der Waals surface area contributed by atoms with Crippen LogP contribution in [0.2, 0.25) is 0 Å². The minimum absolute atomic E-state index is 0.168. The lowest BCUT2D eigenvalue weighted by Gasteiger charge is -2.35. The first-order chi connectivity index (χ1) is 10.2. The molecule has 0 aliphatic carbocycles. The second-order valence-corrected chi connectivity index (χ2v) is 4.90. The first-order valence-electron chi connectivity index (χ1n) is 6.83. The first-order valence-corrected chi connectivity index (χ1v) is 6.83. The lowest BCUT2D eigenvalue weighted by atomic mass is 10.1. The number of nitrogens with zero attached hydrogens (tertiary/aromatic N) is 1. The number of hydrogen-bond donors (Lipinski definition) is 2. The average molecular weight is 291 g/mol. The maximum absolute atomic E-state index is 12.7. The fraction of sp³-hybridized carbons (Fsp3) is 0.429. The first kappa shape index (κ1) is 13.7. The van der Waals surface area contributed by atoms with Crippen molar-refractivity contribution in [2.45, 2.75) is 6.04 Å². The molecule has 3 rings (SSSR count). The Morgan fingerprint density at radius 3 is 2.95 bits per heavy atom. The lowest BCUT2D eigenvalue weighted by molar-refractivity contribution is -0.125. The molecule has 21 heavy (non-hydrogen) atoms. The zero-order valence-corrected chi connectivity index (χ0v) is 11.7. The third-order valence-electron chi connectivity index (χ3n) is 3.67. The normalized spacial score (nSPS) is 20.2. The fourth-order valence-corrected chi connectivity index (χ4v) is 2.54. The number of likely N-dealkylation sites (N-methyl/N-ethyl adjacent to an activating group) is 1. The van der Waals surface area contributed by atoms with Crippen LogP contribution in [-0.4, -0.2) is 56.2 Å². The van der Waals surface area contributed by atoms with Crippen LogP contribution in [0.4, 0.5) is 0 Å². The van der Waals surface area contributed by atoms with Crippen LogP contribution in [0, 0.1) is 0 Å².